The van der Waals surface area contributed by atoms with Crippen LogP contribution in [0.25, 0.3) is 0 Å². The van der Waals surface area contributed by atoms with Gasteiger partial charge in [0, 0.05) is 24.7 Å². The minimum Gasteiger partial charge on any atom is -0.352 e. The molecule has 3 rings (SSSR count). The van der Waals surface area contributed by atoms with Gasteiger partial charge in [-0.05, 0) is 49.8 Å². The first kappa shape index (κ1) is 17.9. The number of nitrogens with one attached hydrogen (secondary N) is 1. The maximum Gasteiger partial charge on any atom is 0.253 e. The fourth-order valence-corrected chi connectivity index (χ4v) is 4.35. The molecule has 1 aliphatic heterocycles. The molecule has 1 aliphatic carbocycles. The second-order valence-electron chi connectivity index (χ2n) is 6.93. The lowest BCUT2D eigenvalue weighted by atomic mass is 10.1. The third kappa shape index (κ3) is 5.29. The van der Waals surface area contributed by atoms with Gasteiger partial charge in [0.25, 0.3) is 5.91 Å². The van der Waals surface area contributed by atoms with E-state index in [4.69, 9.17) is 0 Å². The number of sulfone groups is 1. The Bertz CT molecular complexity index is 750. The normalized spacial score (nSPS) is 18.0. The van der Waals surface area contributed by atoms with E-state index in [0.29, 0.717) is 11.1 Å². The number of nitrogens with zero attached hydrogens (tertiary/aromatic N) is 1. The third-order valence-electron chi connectivity index (χ3n) is 4.50. The largest absolute Gasteiger partial charge is 0.352 e. The molecule has 2 fully saturated rings. The van der Waals surface area contributed by atoms with Gasteiger partial charge in [-0.15, -0.1) is 0 Å². The van der Waals surface area contributed by atoms with Crippen molar-refractivity contribution in [1.82, 2.24) is 10.2 Å². The Morgan fingerprint density at radius 1 is 1.12 bits per heavy atom. The van der Waals surface area contributed by atoms with Crippen LogP contribution in [0.15, 0.2) is 24.3 Å². The molecule has 2 aliphatic rings. The van der Waals surface area contributed by atoms with Gasteiger partial charge in [0.15, 0.2) is 9.84 Å². The molecule has 7 heteroatoms. The lowest BCUT2D eigenvalue weighted by Crippen LogP contribution is -2.35. The number of hydrogen-bond acceptors (Lipinski definition) is 4. The summed E-state index contributed by atoms with van der Waals surface area (Å²) in [7, 11) is -3.56. The first-order valence-corrected chi connectivity index (χ1v) is 10.6. The Kier molecular flexibility index (Phi) is 5.42. The fraction of sp³-hybridized carbons (Fsp3) is 0.556. The molecule has 0 radical (unpaired) electrons. The highest BCUT2D eigenvalue weighted by Crippen LogP contribution is 2.19. The molecule has 1 aromatic rings. The van der Waals surface area contributed by atoms with Gasteiger partial charge >= 0.3 is 0 Å². The highest BCUT2D eigenvalue weighted by Gasteiger charge is 2.26. The first-order valence-electron chi connectivity index (χ1n) is 8.81. The predicted octanol–water partition coefficient (Wildman–Crippen LogP) is 1.51. The number of benzene rings is 1. The van der Waals surface area contributed by atoms with Crippen molar-refractivity contribution >= 4 is 21.7 Å². The van der Waals surface area contributed by atoms with Crippen molar-refractivity contribution < 1.29 is 18.0 Å². The standard InChI is InChI=1S/C18H24N2O4S/c21-17(19-16-7-8-16)13-25(23,24)12-14-5-4-6-15(11-14)18(22)20-9-2-1-3-10-20/h4-6,11,16H,1-3,7-10,12-13H2,(H,19,21). The number of carbonyl (C=O) groups is 2. The van der Waals surface area contributed by atoms with E-state index in [0.717, 1.165) is 45.2 Å². The van der Waals surface area contributed by atoms with Crippen molar-refractivity contribution in [3.8, 4) is 0 Å². The highest BCUT2D eigenvalue weighted by molar-refractivity contribution is 7.91. The highest BCUT2D eigenvalue weighted by atomic mass is 32.2. The predicted molar refractivity (Wildman–Crippen MR) is 94.9 cm³/mol. The molecule has 0 bridgehead atoms. The second kappa shape index (κ2) is 7.56. The molecular formula is C18H24N2O4S. The molecule has 25 heavy (non-hydrogen) atoms. The summed E-state index contributed by atoms with van der Waals surface area (Å²) in [6.07, 6.45) is 5.01. The SMILES string of the molecule is O=C(CS(=O)(=O)Cc1cccc(C(=O)N2CCCCC2)c1)NC1CC1. The molecule has 1 heterocycles. The van der Waals surface area contributed by atoms with Crippen molar-refractivity contribution in [2.24, 2.45) is 0 Å². The molecule has 136 valence electrons. The van der Waals surface area contributed by atoms with Crippen LogP contribution >= 0.6 is 0 Å². The van der Waals surface area contributed by atoms with Gasteiger partial charge in [-0.3, -0.25) is 9.59 Å². The van der Waals surface area contributed by atoms with E-state index >= 15 is 0 Å². The van der Waals surface area contributed by atoms with Crippen LogP contribution < -0.4 is 5.32 Å². The fourth-order valence-electron chi connectivity index (χ4n) is 3.08. The zero-order valence-electron chi connectivity index (χ0n) is 14.2. The van der Waals surface area contributed by atoms with E-state index < -0.39 is 21.5 Å². The number of likely N-dealkylation sites (tertiary alicyclic amines) is 1. The minimum absolute atomic E-state index is 0.0505. The summed E-state index contributed by atoms with van der Waals surface area (Å²) >= 11 is 0. The molecule has 2 amide bonds. The number of amides is 2. The van der Waals surface area contributed by atoms with Crippen LogP contribution in [0, 0.1) is 0 Å². The lowest BCUT2D eigenvalue weighted by Gasteiger charge is -2.26. The third-order valence-corrected chi connectivity index (χ3v) is 5.97. The number of rotatable bonds is 6. The molecule has 1 aromatic carbocycles. The van der Waals surface area contributed by atoms with Crippen LogP contribution in [-0.4, -0.2) is 50.0 Å². The summed E-state index contributed by atoms with van der Waals surface area (Å²) in [5, 5.41) is 2.69. The van der Waals surface area contributed by atoms with Crippen molar-refractivity contribution in [2.45, 2.75) is 43.9 Å². The van der Waals surface area contributed by atoms with Crippen molar-refractivity contribution in [2.75, 3.05) is 18.8 Å². The van der Waals surface area contributed by atoms with E-state index in [2.05, 4.69) is 5.32 Å². The minimum atomic E-state index is -3.56. The van der Waals surface area contributed by atoms with E-state index in [9.17, 15) is 18.0 Å². The Morgan fingerprint density at radius 3 is 2.52 bits per heavy atom. The van der Waals surface area contributed by atoms with E-state index in [1.807, 2.05) is 4.90 Å². The number of carbonyl (C=O) groups excluding carboxylic acids is 2. The van der Waals surface area contributed by atoms with Gasteiger partial charge in [0.1, 0.15) is 5.75 Å². The molecule has 1 N–H and O–H groups in total. The number of hydrogen-bond donors (Lipinski definition) is 1. The molecule has 0 unspecified atom stereocenters. The maximum absolute atomic E-state index is 12.5. The average Bonchev–Trinajstić information content (AvgIpc) is 3.38. The summed E-state index contributed by atoms with van der Waals surface area (Å²) in [4.78, 5) is 26.1. The summed E-state index contributed by atoms with van der Waals surface area (Å²) in [6.45, 7) is 1.51. The lowest BCUT2D eigenvalue weighted by molar-refractivity contribution is -0.118. The Morgan fingerprint density at radius 2 is 1.84 bits per heavy atom. The monoisotopic (exact) mass is 364 g/mol. The van der Waals surface area contributed by atoms with Gasteiger partial charge in [-0.25, -0.2) is 8.42 Å². The molecule has 1 saturated carbocycles. The van der Waals surface area contributed by atoms with Crippen molar-refractivity contribution in [3.63, 3.8) is 0 Å². The molecule has 1 saturated heterocycles. The Balaban J connectivity index is 1.63. The van der Waals surface area contributed by atoms with Crippen LogP contribution in [0.4, 0.5) is 0 Å². The van der Waals surface area contributed by atoms with Gasteiger partial charge in [-0.2, -0.15) is 0 Å². The zero-order valence-corrected chi connectivity index (χ0v) is 15.1. The van der Waals surface area contributed by atoms with Gasteiger partial charge < -0.3 is 10.2 Å². The summed E-state index contributed by atoms with van der Waals surface area (Å²) in [5.74, 6) is -1.23. The summed E-state index contributed by atoms with van der Waals surface area (Å²) in [5.41, 5.74) is 1.05. The van der Waals surface area contributed by atoms with Gasteiger partial charge in [-0.1, -0.05) is 12.1 Å². The molecule has 0 spiro atoms. The van der Waals surface area contributed by atoms with Crippen molar-refractivity contribution in [1.29, 1.82) is 0 Å². The smallest absolute Gasteiger partial charge is 0.253 e. The topological polar surface area (TPSA) is 83.5 Å². The first-order chi connectivity index (χ1) is 11.9. The molecule has 0 aromatic heterocycles. The van der Waals surface area contributed by atoms with Gasteiger partial charge in [0.05, 0.1) is 5.75 Å². The van der Waals surface area contributed by atoms with Crippen LogP contribution in [-0.2, 0) is 20.4 Å². The quantitative estimate of drug-likeness (QED) is 0.829. The van der Waals surface area contributed by atoms with Crippen LogP contribution in [0.2, 0.25) is 0 Å². The van der Waals surface area contributed by atoms with E-state index in [1.54, 1.807) is 24.3 Å². The molecule has 6 nitrogen and oxygen atoms in total. The van der Waals surface area contributed by atoms with Gasteiger partial charge in [0.2, 0.25) is 5.91 Å². The molecule has 0 atom stereocenters. The second-order valence-corrected chi connectivity index (χ2v) is 8.99. The number of piperidine rings is 1. The zero-order chi connectivity index (χ0) is 17.9. The van der Waals surface area contributed by atoms with Crippen LogP contribution in [0.5, 0.6) is 0 Å². The Hall–Kier alpha value is -1.89. The maximum atomic E-state index is 12.5. The van der Waals surface area contributed by atoms with E-state index in [-0.39, 0.29) is 17.7 Å². The Labute approximate surface area is 148 Å². The van der Waals surface area contributed by atoms with E-state index in [1.165, 1.54) is 0 Å². The van der Waals surface area contributed by atoms with Crippen LogP contribution in [0.3, 0.4) is 0 Å². The summed E-state index contributed by atoms with van der Waals surface area (Å²) in [6, 6.07) is 6.88. The average molecular weight is 364 g/mol. The summed E-state index contributed by atoms with van der Waals surface area (Å²) < 4.78 is 24.5. The molecular weight excluding hydrogens is 340 g/mol. The van der Waals surface area contributed by atoms with Crippen LogP contribution in [0.1, 0.15) is 48.0 Å². The van der Waals surface area contributed by atoms with Crippen molar-refractivity contribution in [3.05, 3.63) is 35.4 Å².